The van der Waals surface area contributed by atoms with Crippen molar-refractivity contribution in [2.24, 2.45) is 0 Å². The molecule has 2 nitrogen and oxygen atoms in total. The maximum Gasteiger partial charge on any atom is 0.254 e. The summed E-state index contributed by atoms with van der Waals surface area (Å²) in [5.74, 6) is 0.115. The first kappa shape index (κ1) is 12.8. The van der Waals surface area contributed by atoms with Crippen LogP contribution in [0.2, 0.25) is 0 Å². The Morgan fingerprint density at radius 3 is 2.84 bits per heavy atom. The first-order chi connectivity index (χ1) is 9.24. The lowest BCUT2D eigenvalue weighted by molar-refractivity contribution is 0.0730. The molecule has 1 aromatic heterocycles. The van der Waals surface area contributed by atoms with Crippen LogP contribution in [0.25, 0.3) is 0 Å². The molecule has 0 radical (unpaired) electrons. The molecule has 0 bridgehead atoms. The molecule has 1 amide bonds. The van der Waals surface area contributed by atoms with Crippen molar-refractivity contribution in [2.75, 3.05) is 0 Å². The van der Waals surface area contributed by atoms with Crippen molar-refractivity contribution in [1.29, 1.82) is 0 Å². The molecule has 4 heteroatoms. The highest BCUT2D eigenvalue weighted by molar-refractivity contribution is 7.80. The van der Waals surface area contributed by atoms with Gasteiger partial charge in [0.2, 0.25) is 0 Å². The molecular weight excluding hydrogens is 274 g/mol. The predicted molar refractivity (Wildman–Crippen MR) is 80.9 cm³/mol. The number of hydrogen-bond acceptors (Lipinski definition) is 3. The Kier molecular flexibility index (Phi) is 3.62. The van der Waals surface area contributed by atoms with Crippen LogP contribution >= 0.6 is 24.0 Å². The molecule has 0 N–H and O–H groups in total. The molecule has 19 heavy (non-hydrogen) atoms. The van der Waals surface area contributed by atoms with Gasteiger partial charge in [-0.3, -0.25) is 4.79 Å². The highest BCUT2D eigenvalue weighted by Crippen LogP contribution is 2.30. The van der Waals surface area contributed by atoms with Crippen molar-refractivity contribution in [1.82, 2.24) is 4.90 Å². The second-order valence-corrected chi connectivity index (χ2v) is 6.14. The quantitative estimate of drug-likeness (QED) is 0.848. The van der Waals surface area contributed by atoms with E-state index < -0.39 is 0 Å². The number of carbonyl (C=O) groups excluding carboxylic acids is 1. The average Bonchev–Trinajstić information content (AvgIpc) is 3.12. The van der Waals surface area contributed by atoms with Gasteiger partial charge in [0.15, 0.2) is 0 Å². The summed E-state index contributed by atoms with van der Waals surface area (Å²) in [6, 6.07) is 9.98. The third-order valence-electron chi connectivity index (χ3n) is 3.27. The highest BCUT2D eigenvalue weighted by Gasteiger charge is 2.33. The van der Waals surface area contributed by atoms with Crippen molar-refractivity contribution >= 4 is 29.9 Å². The van der Waals surface area contributed by atoms with E-state index in [9.17, 15) is 4.79 Å². The lowest BCUT2D eigenvalue weighted by Crippen LogP contribution is -2.32. The Bertz CT molecular complexity index is 576. The van der Waals surface area contributed by atoms with Crippen molar-refractivity contribution in [3.63, 3.8) is 0 Å². The smallest absolute Gasteiger partial charge is 0.254 e. The molecule has 1 aromatic carbocycles. The van der Waals surface area contributed by atoms with Crippen LogP contribution in [0.5, 0.6) is 0 Å². The Morgan fingerprint density at radius 2 is 2.21 bits per heavy atom. The molecule has 0 saturated heterocycles. The molecule has 1 saturated carbocycles. The van der Waals surface area contributed by atoms with E-state index >= 15 is 0 Å². The molecule has 1 fully saturated rings. The van der Waals surface area contributed by atoms with E-state index in [4.69, 9.17) is 0 Å². The van der Waals surface area contributed by atoms with Gasteiger partial charge in [-0.15, -0.1) is 12.6 Å². The zero-order valence-corrected chi connectivity index (χ0v) is 12.2. The van der Waals surface area contributed by atoms with Gasteiger partial charge >= 0.3 is 0 Å². The molecule has 98 valence electrons. The number of thiophene rings is 1. The summed E-state index contributed by atoms with van der Waals surface area (Å²) in [5.41, 5.74) is 1.95. The lowest BCUT2D eigenvalue weighted by Gasteiger charge is -2.22. The Hall–Kier alpha value is -1.26. The lowest BCUT2D eigenvalue weighted by atomic mass is 10.2. The van der Waals surface area contributed by atoms with Crippen molar-refractivity contribution in [2.45, 2.75) is 30.3 Å². The normalized spacial score (nSPS) is 14.4. The maximum absolute atomic E-state index is 12.6. The third-order valence-corrected chi connectivity index (χ3v) is 4.28. The van der Waals surface area contributed by atoms with Crippen LogP contribution in [-0.2, 0) is 6.54 Å². The van der Waals surface area contributed by atoms with Crippen LogP contribution in [-0.4, -0.2) is 16.8 Å². The Labute approximate surface area is 122 Å². The van der Waals surface area contributed by atoms with Crippen LogP contribution in [0.4, 0.5) is 0 Å². The van der Waals surface area contributed by atoms with Crippen LogP contribution in [0.1, 0.15) is 28.8 Å². The minimum Gasteiger partial charge on any atom is -0.331 e. The van der Waals surface area contributed by atoms with Gasteiger partial charge in [0.1, 0.15) is 0 Å². The molecule has 0 spiro atoms. The summed E-state index contributed by atoms with van der Waals surface area (Å²) in [4.78, 5) is 15.4. The molecule has 0 aliphatic heterocycles. The minimum atomic E-state index is 0.115. The van der Waals surface area contributed by atoms with Crippen molar-refractivity contribution in [3.05, 3.63) is 52.2 Å². The second-order valence-electron chi connectivity index (χ2n) is 4.85. The molecule has 2 aromatic rings. The van der Waals surface area contributed by atoms with Gasteiger partial charge in [0.05, 0.1) is 0 Å². The SMILES string of the molecule is O=C(c1cccc(S)c1)N(Cc1ccsc1)C1CC1. The van der Waals surface area contributed by atoms with Gasteiger partial charge in [-0.25, -0.2) is 0 Å². The monoisotopic (exact) mass is 289 g/mol. The average molecular weight is 289 g/mol. The number of hydrogen-bond donors (Lipinski definition) is 1. The first-order valence-electron chi connectivity index (χ1n) is 6.35. The van der Waals surface area contributed by atoms with Gasteiger partial charge in [-0.2, -0.15) is 11.3 Å². The van der Waals surface area contributed by atoms with Crippen molar-refractivity contribution in [3.8, 4) is 0 Å². The number of nitrogens with zero attached hydrogens (tertiary/aromatic N) is 1. The number of rotatable bonds is 4. The van der Waals surface area contributed by atoms with Crippen molar-refractivity contribution < 1.29 is 4.79 Å². The van der Waals surface area contributed by atoms with Gasteiger partial charge in [-0.1, -0.05) is 6.07 Å². The van der Waals surface area contributed by atoms with E-state index in [1.165, 1.54) is 5.56 Å². The fourth-order valence-electron chi connectivity index (χ4n) is 2.14. The fourth-order valence-corrected chi connectivity index (χ4v) is 3.02. The predicted octanol–water partition coefficient (Wildman–Crippen LogP) is 3.84. The summed E-state index contributed by atoms with van der Waals surface area (Å²) in [5, 5.41) is 4.16. The maximum atomic E-state index is 12.6. The van der Waals surface area contributed by atoms with E-state index in [0.29, 0.717) is 12.6 Å². The van der Waals surface area contributed by atoms with E-state index in [1.807, 2.05) is 29.2 Å². The number of benzene rings is 1. The van der Waals surface area contributed by atoms with E-state index in [-0.39, 0.29) is 5.91 Å². The van der Waals surface area contributed by atoms with Gasteiger partial charge in [0.25, 0.3) is 5.91 Å². The molecule has 3 rings (SSSR count). The van der Waals surface area contributed by atoms with Gasteiger partial charge in [0, 0.05) is 23.0 Å². The Morgan fingerprint density at radius 1 is 1.37 bits per heavy atom. The molecule has 0 atom stereocenters. The largest absolute Gasteiger partial charge is 0.331 e. The summed E-state index contributed by atoms with van der Waals surface area (Å²) in [6.45, 7) is 0.712. The summed E-state index contributed by atoms with van der Waals surface area (Å²) in [6.07, 6.45) is 2.24. The van der Waals surface area contributed by atoms with Crippen LogP contribution in [0, 0.1) is 0 Å². The molecule has 0 unspecified atom stereocenters. The number of carbonyl (C=O) groups is 1. The second kappa shape index (κ2) is 5.39. The van der Waals surface area contributed by atoms with Crippen LogP contribution in [0.15, 0.2) is 46.0 Å². The highest BCUT2D eigenvalue weighted by atomic mass is 32.1. The zero-order valence-electron chi connectivity index (χ0n) is 10.5. The van der Waals surface area contributed by atoms with E-state index in [0.717, 1.165) is 23.3 Å². The fraction of sp³-hybridized carbons (Fsp3) is 0.267. The Balaban J connectivity index is 1.82. The first-order valence-corrected chi connectivity index (χ1v) is 7.74. The topological polar surface area (TPSA) is 20.3 Å². The van der Waals surface area contributed by atoms with Gasteiger partial charge in [-0.05, 0) is 53.4 Å². The van der Waals surface area contributed by atoms with Crippen LogP contribution < -0.4 is 0 Å². The van der Waals surface area contributed by atoms with Gasteiger partial charge < -0.3 is 4.90 Å². The van der Waals surface area contributed by atoms with Crippen LogP contribution in [0.3, 0.4) is 0 Å². The van der Waals surface area contributed by atoms with E-state index in [2.05, 4.69) is 29.5 Å². The van der Waals surface area contributed by atoms with E-state index in [1.54, 1.807) is 11.3 Å². The summed E-state index contributed by atoms with van der Waals surface area (Å²) >= 11 is 5.98. The number of amides is 1. The zero-order chi connectivity index (χ0) is 13.2. The minimum absolute atomic E-state index is 0.115. The molecule has 1 aliphatic rings. The standard InChI is InChI=1S/C15H15NOS2/c17-15(12-2-1-3-14(18)8-12)16(13-4-5-13)9-11-6-7-19-10-11/h1-3,6-8,10,13,18H,4-5,9H2. The summed E-state index contributed by atoms with van der Waals surface area (Å²) in [7, 11) is 0. The molecule has 1 aliphatic carbocycles. The molecular formula is C15H15NOS2. The molecule has 1 heterocycles. The third kappa shape index (κ3) is 3.01. The number of thiol groups is 1. The summed E-state index contributed by atoms with van der Waals surface area (Å²) < 4.78 is 0.